The van der Waals surface area contributed by atoms with Crippen molar-refractivity contribution < 1.29 is 4.79 Å². The van der Waals surface area contributed by atoms with Gasteiger partial charge in [-0.2, -0.15) is 0 Å². The Bertz CT molecular complexity index is 579. The maximum atomic E-state index is 12.3. The second-order valence-corrected chi connectivity index (χ2v) is 4.96. The van der Waals surface area contributed by atoms with E-state index in [4.69, 9.17) is 0 Å². The van der Waals surface area contributed by atoms with Crippen LogP contribution in [0, 0.1) is 0 Å². The van der Waals surface area contributed by atoms with Gasteiger partial charge in [0.25, 0.3) is 5.91 Å². The molecule has 1 aromatic heterocycles. The van der Waals surface area contributed by atoms with Crippen molar-refractivity contribution in [2.45, 2.75) is 26.2 Å². The van der Waals surface area contributed by atoms with Crippen molar-refractivity contribution in [3.05, 3.63) is 35.5 Å². The molecule has 1 N–H and O–H groups in total. The summed E-state index contributed by atoms with van der Waals surface area (Å²) in [6.07, 6.45) is 3.28. The molecule has 2 heterocycles. The molecular formula is C15H18N2O. The monoisotopic (exact) mass is 242 g/mol. The van der Waals surface area contributed by atoms with Gasteiger partial charge in [-0.15, -0.1) is 0 Å². The standard InChI is InChI=1S/C15H18N2O/c1-2-11-5-6-12-10-14(16-13(12)9-11)15(18)17-7-3-4-8-17/h5-6,9-10,16H,2-4,7-8H2,1H3. The lowest BCUT2D eigenvalue weighted by atomic mass is 10.1. The van der Waals surface area contributed by atoms with Crippen LogP contribution < -0.4 is 0 Å². The molecule has 0 aliphatic carbocycles. The van der Waals surface area contributed by atoms with Gasteiger partial charge in [-0.1, -0.05) is 19.1 Å². The fraction of sp³-hybridized carbons (Fsp3) is 0.400. The van der Waals surface area contributed by atoms with Crippen LogP contribution in [0.15, 0.2) is 24.3 Å². The Morgan fingerprint density at radius 3 is 2.78 bits per heavy atom. The molecule has 0 bridgehead atoms. The van der Waals surface area contributed by atoms with E-state index >= 15 is 0 Å². The molecule has 3 rings (SSSR count). The van der Waals surface area contributed by atoms with E-state index in [2.05, 4.69) is 30.1 Å². The Labute approximate surface area is 107 Å². The number of carbonyl (C=O) groups excluding carboxylic acids is 1. The summed E-state index contributed by atoms with van der Waals surface area (Å²) in [5, 5.41) is 1.12. The predicted molar refractivity (Wildman–Crippen MR) is 72.8 cm³/mol. The van der Waals surface area contributed by atoms with Crippen molar-refractivity contribution in [1.82, 2.24) is 9.88 Å². The van der Waals surface area contributed by atoms with Crippen molar-refractivity contribution in [3.63, 3.8) is 0 Å². The zero-order valence-corrected chi connectivity index (χ0v) is 10.7. The highest BCUT2D eigenvalue weighted by Crippen LogP contribution is 2.20. The van der Waals surface area contributed by atoms with E-state index in [0.29, 0.717) is 0 Å². The highest BCUT2D eigenvalue weighted by molar-refractivity contribution is 5.98. The molecule has 1 amide bonds. The average Bonchev–Trinajstić information content (AvgIpc) is 3.05. The van der Waals surface area contributed by atoms with Crippen molar-refractivity contribution in [2.75, 3.05) is 13.1 Å². The zero-order chi connectivity index (χ0) is 12.5. The molecule has 0 atom stereocenters. The first-order valence-corrected chi connectivity index (χ1v) is 6.69. The van der Waals surface area contributed by atoms with E-state index in [1.54, 1.807) is 0 Å². The molecule has 1 fully saturated rings. The van der Waals surface area contributed by atoms with E-state index < -0.39 is 0 Å². The van der Waals surface area contributed by atoms with Gasteiger partial charge in [0.05, 0.1) is 0 Å². The molecule has 18 heavy (non-hydrogen) atoms. The summed E-state index contributed by atoms with van der Waals surface area (Å²) in [5.41, 5.74) is 3.08. The minimum Gasteiger partial charge on any atom is -0.351 e. The molecule has 1 saturated heterocycles. The summed E-state index contributed by atoms with van der Waals surface area (Å²) < 4.78 is 0. The van der Waals surface area contributed by atoms with Crippen LogP contribution >= 0.6 is 0 Å². The Morgan fingerprint density at radius 1 is 1.28 bits per heavy atom. The molecule has 1 aliphatic heterocycles. The van der Waals surface area contributed by atoms with Crippen molar-refractivity contribution >= 4 is 16.8 Å². The number of amides is 1. The fourth-order valence-electron chi connectivity index (χ4n) is 2.60. The van der Waals surface area contributed by atoms with E-state index in [-0.39, 0.29) is 5.91 Å². The minimum absolute atomic E-state index is 0.141. The molecule has 3 heteroatoms. The maximum Gasteiger partial charge on any atom is 0.270 e. The van der Waals surface area contributed by atoms with Crippen LogP contribution in [0.5, 0.6) is 0 Å². The molecule has 0 radical (unpaired) electrons. The molecule has 0 unspecified atom stereocenters. The van der Waals surface area contributed by atoms with Crippen LogP contribution in [0.4, 0.5) is 0 Å². The number of fused-ring (bicyclic) bond motifs is 1. The molecule has 2 aromatic rings. The number of carbonyl (C=O) groups is 1. The number of hydrogen-bond acceptors (Lipinski definition) is 1. The number of hydrogen-bond donors (Lipinski definition) is 1. The second-order valence-electron chi connectivity index (χ2n) is 4.96. The van der Waals surface area contributed by atoms with Gasteiger partial charge in [-0.05, 0) is 37.0 Å². The van der Waals surface area contributed by atoms with Crippen molar-refractivity contribution in [1.29, 1.82) is 0 Å². The van der Waals surface area contributed by atoms with Crippen LogP contribution in [-0.2, 0) is 6.42 Å². The summed E-state index contributed by atoms with van der Waals surface area (Å²) in [6, 6.07) is 8.32. The van der Waals surface area contributed by atoms with Gasteiger partial charge in [0.1, 0.15) is 5.69 Å². The quantitative estimate of drug-likeness (QED) is 0.863. The first-order chi connectivity index (χ1) is 8.78. The van der Waals surface area contributed by atoms with E-state index in [0.717, 1.165) is 48.9 Å². The number of aromatic amines is 1. The lowest BCUT2D eigenvalue weighted by Crippen LogP contribution is -2.27. The smallest absolute Gasteiger partial charge is 0.270 e. The van der Waals surface area contributed by atoms with Gasteiger partial charge in [0, 0.05) is 24.0 Å². The molecule has 94 valence electrons. The van der Waals surface area contributed by atoms with E-state index in [9.17, 15) is 4.79 Å². The second kappa shape index (κ2) is 4.48. The summed E-state index contributed by atoms with van der Waals surface area (Å²) in [6.45, 7) is 3.93. The van der Waals surface area contributed by atoms with E-state index in [1.807, 2.05) is 11.0 Å². The van der Waals surface area contributed by atoms with Crippen LogP contribution in [0.2, 0.25) is 0 Å². The number of benzene rings is 1. The third kappa shape index (κ3) is 1.90. The third-order valence-corrected chi connectivity index (χ3v) is 3.72. The van der Waals surface area contributed by atoms with Crippen LogP contribution in [0.25, 0.3) is 10.9 Å². The number of aryl methyl sites for hydroxylation is 1. The first-order valence-electron chi connectivity index (χ1n) is 6.69. The minimum atomic E-state index is 0.141. The summed E-state index contributed by atoms with van der Waals surface area (Å²) >= 11 is 0. The topological polar surface area (TPSA) is 36.1 Å². The normalized spacial score (nSPS) is 15.5. The molecule has 1 aromatic carbocycles. The SMILES string of the molecule is CCc1ccc2cc(C(=O)N3CCCC3)[nH]c2c1. The lowest BCUT2D eigenvalue weighted by molar-refractivity contribution is 0.0788. The van der Waals surface area contributed by atoms with Gasteiger partial charge < -0.3 is 9.88 Å². The molecule has 1 aliphatic rings. The Balaban J connectivity index is 1.94. The maximum absolute atomic E-state index is 12.3. The van der Waals surface area contributed by atoms with Crippen LogP contribution in [-0.4, -0.2) is 28.9 Å². The molecular weight excluding hydrogens is 224 g/mol. The summed E-state index contributed by atoms with van der Waals surface area (Å²) in [4.78, 5) is 17.5. The van der Waals surface area contributed by atoms with Crippen LogP contribution in [0.3, 0.4) is 0 Å². The highest BCUT2D eigenvalue weighted by Gasteiger charge is 2.20. The van der Waals surface area contributed by atoms with E-state index in [1.165, 1.54) is 5.56 Å². The number of aromatic nitrogens is 1. The average molecular weight is 242 g/mol. The van der Waals surface area contributed by atoms with Crippen molar-refractivity contribution in [3.8, 4) is 0 Å². The Morgan fingerprint density at radius 2 is 2.06 bits per heavy atom. The molecule has 3 nitrogen and oxygen atoms in total. The molecule has 0 saturated carbocycles. The van der Waals surface area contributed by atoms with Gasteiger partial charge in [-0.25, -0.2) is 0 Å². The fourth-order valence-corrected chi connectivity index (χ4v) is 2.60. The Hall–Kier alpha value is -1.77. The highest BCUT2D eigenvalue weighted by atomic mass is 16.2. The van der Waals surface area contributed by atoms with Gasteiger partial charge in [0.15, 0.2) is 0 Å². The predicted octanol–water partition coefficient (Wildman–Crippen LogP) is 2.97. The third-order valence-electron chi connectivity index (χ3n) is 3.72. The zero-order valence-electron chi connectivity index (χ0n) is 10.7. The van der Waals surface area contributed by atoms with Crippen LogP contribution in [0.1, 0.15) is 35.8 Å². The summed E-state index contributed by atoms with van der Waals surface area (Å²) in [5.74, 6) is 0.141. The van der Waals surface area contributed by atoms with Gasteiger partial charge >= 0.3 is 0 Å². The number of likely N-dealkylation sites (tertiary alicyclic amines) is 1. The number of nitrogens with zero attached hydrogens (tertiary/aromatic N) is 1. The van der Waals surface area contributed by atoms with Crippen molar-refractivity contribution in [2.24, 2.45) is 0 Å². The molecule has 0 spiro atoms. The Kier molecular flexibility index (Phi) is 2.82. The lowest BCUT2D eigenvalue weighted by Gasteiger charge is -2.13. The number of H-pyrrole nitrogens is 1. The number of rotatable bonds is 2. The van der Waals surface area contributed by atoms with Gasteiger partial charge in [0.2, 0.25) is 0 Å². The largest absolute Gasteiger partial charge is 0.351 e. The summed E-state index contributed by atoms with van der Waals surface area (Å²) in [7, 11) is 0. The first kappa shape index (κ1) is 11.3. The van der Waals surface area contributed by atoms with Gasteiger partial charge in [-0.3, -0.25) is 4.79 Å². The number of nitrogens with one attached hydrogen (secondary N) is 1.